The van der Waals surface area contributed by atoms with Crippen molar-refractivity contribution >= 4 is 22.4 Å². The molecule has 0 saturated carbocycles. The van der Waals surface area contributed by atoms with Crippen LogP contribution in [0.1, 0.15) is 27.8 Å². The van der Waals surface area contributed by atoms with Gasteiger partial charge in [0.1, 0.15) is 5.75 Å². The molecule has 0 aliphatic carbocycles. The van der Waals surface area contributed by atoms with Gasteiger partial charge in [0.2, 0.25) is 11.5 Å². The van der Waals surface area contributed by atoms with E-state index in [4.69, 9.17) is 0 Å². The SMILES string of the molecule is Cc1cc(NC[C@](O)(c2cc(C(F)(F)F)cc(C(F)(F)F)c2)C(F)(F)F)ccc1CNC(=O)C[S@@](C)=O. The van der Waals surface area contributed by atoms with Crippen molar-refractivity contribution in [3.8, 4) is 0 Å². The van der Waals surface area contributed by atoms with Crippen LogP contribution in [0.5, 0.6) is 0 Å². The number of halogens is 9. The zero-order valence-electron chi connectivity index (χ0n) is 19.2. The fraction of sp³-hybridized carbons (Fsp3) is 0.409. The molecule has 3 N–H and O–H groups in total. The Hall–Kier alpha value is -2.81. The van der Waals surface area contributed by atoms with Crippen molar-refractivity contribution in [3.63, 3.8) is 0 Å². The van der Waals surface area contributed by atoms with E-state index < -0.39 is 64.1 Å². The second-order valence-electron chi connectivity index (χ2n) is 8.14. The number of nitrogens with one attached hydrogen (secondary N) is 2. The molecule has 0 fully saturated rings. The third-order valence-electron chi connectivity index (χ3n) is 5.24. The van der Waals surface area contributed by atoms with E-state index in [0.717, 1.165) is 0 Å². The summed E-state index contributed by atoms with van der Waals surface area (Å²) in [5, 5.41) is 15.1. The molecule has 0 bridgehead atoms. The minimum Gasteiger partial charge on any atom is -0.381 e. The van der Waals surface area contributed by atoms with Crippen molar-refractivity contribution in [1.29, 1.82) is 0 Å². The molecular weight excluding hydrogens is 543 g/mol. The van der Waals surface area contributed by atoms with Crippen LogP contribution in [0.25, 0.3) is 0 Å². The van der Waals surface area contributed by atoms with Gasteiger partial charge in [0.15, 0.2) is 0 Å². The van der Waals surface area contributed by atoms with Gasteiger partial charge < -0.3 is 15.7 Å². The Kier molecular flexibility index (Phi) is 8.95. The van der Waals surface area contributed by atoms with Crippen LogP contribution in [-0.2, 0) is 40.1 Å². The Morgan fingerprint density at radius 2 is 1.41 bits per heavy atom. The topological polar surface area (TPSA) is 78.4 Å². The summed E-state index contributed by atoms with van der Waals surface area (Å²) in [7, 11) is -1.37. The number of aliphatic hydroxyl groups is 1. The Labute approximate surface area is 207 Å². The second kappa shape index (κ2) is 10.9. The molecular formula is C22H21F9N2O3S. The summed E-state index contributed by atoms with van der Waals surface area (Å²) >= 11 is 0. The molecule has 0 aliphatic rings. The molecule has 2 aromatic rings. The number of rotatable bonds is 8. The highest BCUT2D eigenvalue weighted by Gasteiger charge is 2.56. The summed E-state index contributed by atoms with van der Waals surface area (Å²) in [6, 6.07) is 3.27. The first-order chi connectivity index (χ1) is 16.7. The van der Waals surface area contributed by atoms with Crippen LogP contribution in [0.15, 0.2) is 36.4 Å². The summed E-state index contributed by atoms with van der Waals surface area (Å²) in [6.45, 7) is 0.0229. The number of carbonyl (C=O) groups excluding carboxylic acids is 1. The Morgan fingerprint density at radius 1 is 0.892 bits per heavy atom. The average Bonchev–Trinajstić information content (AvgIpc) is 2.74. The summed E-state index contributed by atoms with van der Waals surface area (Å²) in [4.78, 5) is 11.6. The molecule has 0 heterocycles. The van der Waals surface area contributed by atoms with E-state index in [9.17, 15) is 53.6 Å². The molecule has 0 unspecified atom stereocenters. The molecule has 2 atom stereocenters. The van der Waals surface area contributed by atoms with Gasteiger partial charge in [-0.1, -0.05) is 6.07 Å². The summed E-state index contributed by atoms with van der Waals surface area (Å²) in [5.74, 6) is -0.739. The van der Waals surface area contributed by atoms with Gasteiger partial charge in [-0.25, -0.2) is 0 Å². The summed E-state index contributed by atoms with van der Waals surface area (Å²) < 4.78 is 131. The van der Waals surface area contributed by atoms with E-state index in [1.54, 1.807) is 0 Å². The standard InChI is InChI=1S/C22H21F9N2O3S/c1-12-5-17(4-3-13(12)9-32-18(34)10-37(2)36)33-11-19(35,22(29,30)31)14-6-15(20(23,24)25)8-16(7-14)21(26,27)28/h3-8,33,35H,9-11H2,1-2H3,(H,32,34)/t19-,37+/m0/s1. The highest BCUT2D eigenvalue weighted by molar-refractivity contribution is 7.85. The van der Waals surface area contributed by atoms with E-state index in [0.29, 0.717) is 11.1 Å². The first-order valence-corrected chi connectivity index (χ1v) is 12.0. The molecule has 206 valence electrons. The Morgan fingerprint density at radius 3 is 1.84 bits per heavy atom. The lowest BCUT2D eigenvalue weighted by molar-refractivity contribution is -0.261. The number of benzene rings is 2. The zero-order chi connectivity index (χ0) is 28.4. The van der Waals surface area contributed by atoms with Crippen molar-refractivity contribution in [2.24, 2.45) is 0 Å². The fourth-order valence-electron chi connectivity index (χ4n) is 3.22. The van der Waals surface area contributed by atoms with Crippen LogP contribution in [-0.4, -0.2) is 40.0 Å². The zero-order valence-corrected chi connectivity index (χ0v) is 20.0. The number of alkyl halides is 9. The van der Waals surface area contributed by atoms with Gasteiger partial charge in [-0.2, -0.15) is 39.5 Å². The molecule has 2 rings (SSSR count). The largest absolute Gasteiger partial charge is 0.423 e. The fourth-order valence-corrected chi connectivity index (χ4v) is 3.69. The number of carbonyl (C=O) groups is 1. The number of aryl methyl sites for hydroxylation is 1. The average molecular weight is 564 g/mol. The van der Waals surface area contributed by atoms with Gasteiger partial charge in [-0.15, -0.1) is 0 Å². The van der Waals surface area contributed by atoms with Crippen LogP contribution in [0.3, 0.4) is 0 Å². The monoisotopic (exact) mass is 564 g/mol. The smallest absolute Gasteiger partial charge is 0.381 e. The third-order valence-corrected chi connectivity index (χ3v) is 5.90. The number of anilines is 1. The first-order valence-electron chi connectivity index (χ1n) is 10.2. The number of amides is 1. The molecule has 0 radical (unpaired) electrons. The Balaban J connectivity index is 2.36. The summed E-state index contributed by atoms with van der Waals surface area (Å²) in [6.07, 6.45) is -15.2. The lowest BCUT2D eigenvalue weighted by atomic mass is 9.89. The van der Waals surface area contributed by atoms with E-state index >= 15 is 0 Å². The third kappa shape index (κ3) is 7.84. The maximum atomic E-state index is 13.8. The molecule has 0 aromatic heterocycles. The maximum absolute atomic E-state index is 13.8. The van der Waals surface area contributed by atoms with E-state index in [1.807, 2.05) is 0 Å². The molecule has 37 heavy (non-hydrogen) atoms. The first kappa shape index (κ1) is 30.4. The maximum Gasteiger partial charge on any atom is 0.423 e. The highest BCUT2D eigenvalue weighted by atomic mass is 32.2. The van der Waals surface area contributed by atoms with Gasteiger partial charge in [0, 0.05) is 29.3 Å². The second-order valence-corrected chi connectivity index (χ2v) is 9.58. The molecule has 15 heteroatoms. The number of hydrogen-bond donors (Lipinski definition) is 3. The predicted octanol–water partition coefficient (Wildman–Crippen LogP) is 4.89. The van der Waals surface area contributed by atoms with Gasteiger partial charge >= 0.3 is 18.5 Å². The van der Waals surface area contributed by atoms with Crippen LogP contribution in [0.4, 0.5) is 45.2 Å². The minimum absolute atomic E-state index is 0.000904. The highest BCUT2D eigenvalue weighted by Crippen LogP contribution is 2.44. The Bertz CT molecular complexity index is 1130. The van der Waals surface area contributed by atoms with E-state index in [1.165, 1.54) is 31.4 Å². The van der Waals surface area contributed by atoms with Gasteiger partial charge in [-0.3, -0.25) is 9.00 Å². The lowest BCUT2D eigenvalue weighted by Gasteiger charge is -2.32. The molecule has 5 nitrogen and oxygen atoms in total. The van der Waals surface area contributed by atoms with Crippen LogP contribution < -0.4 is 10.6 Å². The van der Waals surface area contributed by atoms with Crippen molar-refractivity contribution in [2.75, 3.05) is 23.9 Å². The van der Waals surface area contributed by atoms with Crippen molar-refractivity contribution < 1.29 is 53.6 Å². The van der Waals surface area contributed by atoms with Gasteiger partial charge in [0.05, 0.1) is 17.7 Å². The lowest BCUT2D eigenvalue weighted by Crippen LogP contribution is -2.48. The van der Waals surface area contributed by atoms with Crippen molar-refractivity contribution in [2.45, 2.75) is 37.6 Å². The van der Waals surface area contributed by atoms with E-state index in [-0.39, 0.29) is 36.2 Å². The minimum atomic E-state index is -5.66. The molecule has 0 saturated heterocycles. The molecule has 2 aromatic carbocycles. The summed E-state index contributed by atoms with van der Waals surface area (Å²) in [5.41, 5.74) is -8.82. The van der Waals surface area contributed by atoms with Crippen molar-refractivity contribution in [1.82, 2.24) is 5.32 Å². The van der Waals surface area contributed by atoms with Gasteiger partial charge in [0.25, 0.3) is 0 Å². The van der Waals surface area contributed by atoms with Gasteiger partial charge in [-0.05, 0) is 53.9 Å². The molecule has 0 aliphatic heterocycles. The number of hydrogen-bond acceptors (Lipinski definition) is 4. The predicted molar refractivity (Wildman–Crippen MR) is 117 cm³/mol. The van der Waals surface area contributed by atoms with Crippen LogP contribution in [0, 0.1) is 6.92 Å². The molecule has 1 amide bonds. The normalized spacial score (nSPS) is 15.1. The quantitative estimate of drug-likeness (QED) is 0.399. The van der Waals surface area contributed by atoms with E-state index in [2.05, 4.69) is 10.6 Å². The molecule has 0 spiro atoms. The van der Waals surface area contributed by atoms with Crippen LogP contribution in [0.2, 0.25) is 0 Å². The van der Waals surface area contributed by atoms with Crippen LogP contribution >= 0.6 is 0 Å². The van der Waals surface area contributed by atoms with Crippen molar-refractivity contribution in [3.05, 3.63) is 64.2 Å².